The average Bonchev–Trinajstić information content (AvgIpc) is 3.13. The molecule has 0 unspecified atom stereocenters. The van der Waals surface area contributed by atoms with Gasteiger partial charge < -0.3 is 19.8 Å². The van der Waals surface area contributed by atoms with Crippen LogP contribution in [0.2, 0.25) is 0 Å². The molecule has 1 aromatic heterocycles. The van der Waals surface area contributed by atoms with Crippen molar-refractivity contribution in [2.75, 3.05) is 19.0 Å². The van der Waals surface area contributed by atoms with E-state index in [1.54, 1.807) is 17.4 Å². The largest absolute Gasteiger partial charge is 0.493 e. The smallest absolute Gasteiger partial charge is 0.405 e. The quantitative estimate of drug-likeness (QED) is 0.582. The van der Waals surface area contributed by atoms with Gasteiger partial charge in [0.15, 0.2) is 11.3 Å². The van der Waals surface area contributed by atoms with Crippen LogP contribution in [-0.4, -0.2) is 31.6 Å². The maximum Gasteiger partial charge on any atom is 0.405 e. The first-order chi connectivity index (χ1) is 14.2. The summed E-state index contributed by atoms with van der Waals surface area (Å²) in [5.74, 6) is -0.396. The molecule has 0 spiro atoms. The highest BCUT2D eigenvalue weighted by atomic mass is 19.4. The summed E-state index contributed by atoms with van der Waals surface area (Å²) in [6.45, 7) is -1.44. The summed E-state index contributed by atoms with van der Waals surface area (Å²) < 4.78 is 47.6. The standard InChI is InChI=1S/C21H17F3N2O4/c1-29-17-7-3-4-13-11-16(30-19(13)17)8-9-18(27)26-15-6-2-5-14(10-15)20(28)25-12-21(22,23)24/h2-11H,12H2,1H3,(H,25,28)(H,26,27)/b9-8+. The number of alkyl halides is 3. The van der Waals surface area contributed by atoms with Crippen molar-refractivity contribution in [2.45, 2.75) is 6.18 Å². The van der Waals surface area contributed by atoms with Gasteiger partial charge in [-0.05, 0) is 36.4 Å². The van der Waals surface area contributed by atoms with E-state index in [1.807, 2.05) is 12.1 Å². The van der Waals surface area contributed by atoms with E-state index in [-0.39, 0.29) is 11.3 Å². The lowest BCUT2D eigenvalue weighted by Crippen LogP contribution is -2.33. The second-order valence-corrected chi connectivity index (χ2v) is 6.23. The Kier molecular flexibility index (Phi) is 6.10. The van der Waals surface area contributed by atoms with E-state index in [2.05, 4.69) is 5.32 Å². The van der Waals surface area contributed by atoms with Crippen LogP contribution in [0.15, 0.2) is 59.0 Å². The molecule has 156 valence electrons. The second kappa shape index (κ2) is 8.73. The van der Waals surface area contributed by atoms with E-state index in [1.165, 1.54) is 43.5 Å². The van der Waals surface area contributed by atoms with Crippen molar-refractivity contribution in [3.63, 3.8) is 0 Å². The Hall–Kier alpha value is -3.75. The Morgan fingerprint density at radius 2 is 1.90 bits per heavy atom. The summed E-state index contributed by atoms with van der Waals surface area (Å²) in [7, 11) is 1.53. The number of amides is 2. The first-order valence-corrected chi connectivity index (χ1v) is 8.76. The van der Waals surface area contributed by atoms with Gasteiger partial charge in [0.05, 0.1) is 7.11 Å². The molecule has 0 saturated carbocycles. The Balaban J connectivity index is 1.65. The zero-order chi connectivity index (χ0) is 21.7. The summed E-state index contributed by atoms with van der Waals surface area (Å²) >= 11 is 0. The number of halogens is 3. The first kappa shape index (κ1) is 21.0. The van der Waals surface area contributed by atoms with Gasteiger partial charge in [-0.25, -0.2) is 0 Å². The summed E-state index contributed by atoms with van der Waals surface area (Å²) in [5.41, 5.74) is 0.804. The number of hydrogen-bond acceptors (Lipinski definition) is 4. The molecule has 2 amide bonds. The minimum absolute atomic E-state index is 0.00888. The third-order valence-corrected chi connectivity index (χ3v) is 3.99. The SMILES string of the molecule is COc1cccc2cc(/C=C/C(=O)Nc3cccc(C(=O)NCC(F)(F)F)c3)oc12. The number of ether oxygens (including phenoxy) is 1. The fourth-order valence-corrected chi connectivity index (χ4v) is 2.66. The number of nitrogens with one attached hydrogen (secondary N) is 2. The van der Waals surface area contributed by atoms with Crippen LogP contribution in [0.1, 0.15) is 16.1 Å². The molecule has 9 heteroatoms. The van der Waals surface area contributed by atoms with Crippen molar-refractivity contribution in [1.29, 1.82) is 0 Å². The molecule has 0 saturated heterocycles. The van der Waals surface area contributed by atoms with Gasteiger partial charge >= 0.3 is 6.18 Å². The minimum Gasteiger partial charge on any atom is -0.493 e. The number of fused-ring (bicyclic) bond motifs is 1. The molecule has 6 nitrogen and oxygen atoms in total. The van der Waals surface area contributed by atoms with Crippen molar-refractivity contribution < 1.29 is 31.9 Å². The molecule has 0 atom stereocenters. The average molecular weight is 418 g/mol. The van der Waals surface area contributed by atoms with Crippen LogP contribution >= 0.6 is 0 Å². The molecule has 0 aliphatic carbocycles. The number of furan rings is 1. The zero-order valence-corrected chi connectivity index (χ0v) is 15.7. The minimum atomic E-state index is -4.51. The number of hydrogen-bond donors (Lipinski definition) is 2. The van der Waals surface area contributed by atoms with E-state index < -0.39 is 24.5 Å². The van der Waals surface area contributed by atoms with Gasteiger partial charge in [0, 0.05) is 22.7 Å². The first-order valence-electron chi connectivity index (χ1n) is 8.76. The Labute approximate surface area is 169 Å². The van der Waals surface area contributed by atoms with Gasteiger partial charge in [-0.15, -0.1) is 0 Å². The highest BCUT2D eigenvalue weighted by molar-refractivity contribution is 6.03. The lowest BCUT2D eigenvalue weighted by atomic mass is 10.2. The highest BCUT2D eigenvalue weighted by Crippen LogP contribution is 2.28. The number of methoxy groups -OCH3 is 1. The summed E-state index contributed by atoms with van der Waals surface area (Å²) in [5, 5.41) is 5.13. The molecule has 30 heavy (non-hydrogen) atoms. The number of rotatable bonds is 6. The van der Waals surface area contributed by atoms with Gasteiger partial charge in [0.2, 0.25) is 5.91 Å². The molecule has 0 aliphatic heterocycles. The van der Waals surface area contributed by atoms with Crippen molar-refractivity contribution in [3.05, 3.63) is 65.9 Å². The number of carbonyl (C=O) groups excluding carboxylic acids is 2. The normalized spacial score (nSPS) is 11.6. The number of anilines is 1. The molecule has 3 aromatic rings. The van der Waals surface area contributed by atoms with Crippen LogP contribution in [0.4, 0.5) is 18.9 Å². The molecule has 3 rings (SSSR count). The van der Waals surface area contributed by atoms with E-state index in [9.17, 15) is 22.8 Å². The molecule has 0 aliphatic rings. The maximum absolute atomic E-state index is 12.2. The van der Waals surface area contributed by atoms with Gasteiger partial charge in [0.25, 0.3) is 5.91 Å². The molecular weight excluding hydrogens is 401 g/mol. The monoisotopic (exact) mass is 418 g/mol. The summed E-state index contributed by atoms with van der Waals surface area (Å²) in [6, 6.07) is 12.7. The molecule has 0 bridgehead atoms. The van der Waals surface area contributed by atoms with Gasteiger partial charge in [-0.3, -0.25) is 9.59 Å². The molecule has 0 radical (unpaired) electrons. The fraction of sp³-hybridized carbons (Fsp3) is 0.143. The van der Waals surface area contributed by atoms with E-state index >= 15 is 0 Å². The summed E-state index contributed by atoms with van der Waals surface area (Å²) in [6.07, 6.45) is -1.80. The lowest BCUT2D eigenvalue weighted by Gasteiger charge is -2.09. The van der Waals surface area contributed by atoms with Gasteiger partial charge in [-0.2, -0.15) is 13.2 Å². The molecule has 2 N–H and O–H groups in total. The predicted molar refractivity (Wildman–Crippen MR) is 105 cm³/mol. The van der Waals surface area contributed by atoms with Crippen molar-refractivity contribution in [2.24, 2.45) is 0 Å². The van der Waals surface area contributed by atoms with E-state index in [4.69, 9.17) is 9.15 Å². The van der Waals surface area contributed by atoms with Gasteiger partial charge in [-0.1, -0.05) is 18.2 Å². The Bertz CT molecular complexity index is 1100. The Morgan fingerprint density at radius 1 is 1.13 bits per heavy atom. The van der Waals surface area contributed by atoms with Crippen LogP contribution < -0.4 is 15.4 Å². The summed E-state index contributed by atoms with van der Waals surface area (Å²) in [4.78, 5) is 24.0. The van der Waals surface area contributed by atoms with Crippen molar-refractivity contribution in [1.82, 2.24) is 5.32 Å². The van der Waals surface area contributed by atoms with Crippen LogP contribution in [0.25, 0.3) is 17.0 Å². The van der Waals surface area contributed by atoms with Crippen molar-refractivity contribution >= 4 is 34.5 Å². The van der Waals surface area contributed by atoms with Crippen LogP contribution in [0.3, 0.4) is 0 Å². The Morgan fingerprint density at radius 3 is 2.63 bits per heavy atom. The zero-order valence-electron chi connectivity index (χ0n) is 15.7. The molecule has 0 fully saturated rings. The molecule has 1 heterocycles. The second-order valence-electron chi connectivity index (χ2n) is 6.23. The lowest BCUT2D eigenvalue weighted by molar-refractivity contribution is -0.123. The van der Waals surface area contributed by atoms with E-state index in [0.29, 0.717) is 17.1 Å². The fourth-order valence-electron chi connectivity index (χ4n) is 2.66. The van der Waals surface area contributed by atoms with Crippen LogP contribution in [-0.2, 0) is 4.79 Å². The highest BCUT2D eigenvalue weighted by Gasteiger charge is 2.27. The van der Waals surface area contributed by atoms with Gasteiger partial charge in [0.1, 0.15) is 12.3 Å². The van der Waals surface area contributed by atoms with Crippen LogP contribution in [0.5, 0.6) is 5.75 Å². The number of carbonyl (C=O) groups is 2. The number of para-hydroxylation sites is 1. The van der Waals surface area contributed by atoms with Crippen LogP contribution in [0, 0.1) is 0 Å². The van der Waals surface area contributed by atoms with Crippen molar-refractivity contribution in [3.8, 4) is 5.75 Å². The number of benzene rings is 2. The third kappa shape index (κ3) is 5.40. The third-order valence-electron chi connectivity index (χ3n) is 3.99. The van der Waals surface area contributed by atoms with E-state index in [0.717, 1.165) is 5.39 Å². The molecular formula is C21H17F3N2O4. The maximum atomic E-state index is 12.2. The predicted octanol–water partition coefficient (Wildman–Crippen LogP) is 4.39. The topological polar surface area (TPSA) is 80.6 Å². The molecule has 2 aromatic carbocycles.